The van der Waals surface area contributed by atoms with E-state index in [1.54, 1.807) is 14.2 Å². The average Bonchev–Trinajstić information content (AvgIpc) is 2.25. The van der Waals surface area contributed by atoms with Crippen molar-refractivity contribution in [3.63, 3.8) is 0 Å². The average molecular weight is 198 g/mol. The van der Waals surface area contributed by atoms with Gasteiger partial charge in [0.25, 0.3) is 0 Å². The minimum absolute atomic E-state index is 0.248. The molecule has 0 saturated carbocycles. The van der Waals surface area contributed by atoms with E-state index in [2.05, 4.69) is 0 Å². The van der Waals surface area contributed by atoms with Gasteiger partial charge in [0.2, 0.25) is 0 Å². The number of benzene rings is 1. The van der Waals surface area contributed by atoms with Crippen LogP contribution < -0.4 is 9.47 Å². The fourth-order valence-corrected chi connectivity index (χ4v) is 0.886. The second kappa shape index (κ2) is 6.23. The van der Waals surface area contributed by atoms with E-state index in [1.807, 2.05) is 24.3 Å². The van der Waals surface area contributed by atoms with Gasteiger partial charge < -0.3 is 18.9 Å². The maximum Gasteiger partial charge on any atom is 0.188 e. The van der Waals surface area contributed by atoms with Crippen LogP contribution in [0.5, 0.6) is 11.5 Å². The van der Waals surface area contributed by atoms with E-state index in [0.29, 0.717) is 0 Å². The highest BCUT2D eigenvalue weighted by molar-refractivity contribution is 5.31. The summed E-state index contributed by atoms with van der Waals surface area (Å²) in [5.74, 6) is 1.49. The van der Waals surface area contributed by atoms with E-state index in [-0.39, 0.29) is 13.6 Å². The van der Waals surface area contributed by atoms with Gasteiger partial charge in [-0.2, -0.15) is 0 Å². The summed E-state index contributed by atoms with van der Waals surface area (Å²) in [6, 6.07) is 7.24. The second-order valence-electron chi connectivity index (χ2n) is 2.57. The summed E-state index contributed by atoms with van der Waals surface area (Å²) < 4.78 is 19.9. The Hall–Kier alpha value is -1.26. The van der Waals surface area contributed by atoms with Crippen LogP contribution in [0.4, 0.5) is 0 Å². The first kappa shape index (κ1) is 10.8. The summed E-state index contributed by atoms with van der Waals surface area (Å²) in [5, 5.41) is 0. The fourth-order valence-electron chi connectivity index (χ4n) is 0.886. The van der Waals surface area contributed by atoms with Gasteiger partial charge in [0, 0.05) is 14.2 Å². The van der Waals surface area contributed by atoms with Crippen LogP contribution in [0.3, 0.4) is 0 Å². The molecule has 0 aliphatic carbocycles. The summed E-state index contributed by atoms with van der Waals surface area (Å²) in [6.45, 7) is 0.497. The molecule has 0 bridgehead atoms. The van der Waals surface area contributed by atoms with Gasteiger partial charge in [-0.1, -0.05) is 0 Å². The molecular weight excluding hydrogens is 184 g/mol. The lowest BCUT2D eigenvalue weighted by Gasteiger charge is -2.06. The van der Waals surface area contributed by atoms with Crippen LogP contribution in [0, 0.1) is 0 Å². The van der Waals surface area contributed by atoms with Gasteiger partial charge in [-0.3, -0.25) is 0 Å². The smallest absolute Gasteiger partial charge is 0.188 e. The molecular formula is C10H14O4. The van der Waals surface area contributed by atoms with Crippen molar-refractivity contribution in [1.82, 2.24) is 0 Å². The van der Waals surface area contributed by atoms with Crippen LogP contribution in [0.1, 0.15) is 0 Å². The molecule has 0 aliphatic rings. The second-order valence-corrected chi connectivity index (χ2v) is 2.57. The number of hydrogen-bond acceptors (Lipinski definition) is 4. The van der Waals surface area contributed by atoms with Gasteiger partial charge in [0.15, 0.2) is 13.6 Å². The standard InChI is InChI=1S/C10H14O4/c1-11-7-13-9-3-5-10(6-4-9)14-8-12-2/h3-6H,7-8H2,1-2H3. The summed E-state index contributed by atoms with van der Waals surface area (Å²) in [7, 11) is 3.16. The Bertz CT molecular complexity index is 218. The number of rotatable bonds is 6. The van der Waals surface area contributed by atoms with Crippen LogP contribution in [-0.2, 0) is 9.47 Å². The van der Waals surface area contributed by atoms with Crippen LogP contribution in [0.25, 0.3) is 0 Å². The zero-order valence-corrected chi connectivity index (χ0v) is 8.36. The minimum atomic E-state index is 0.248. The van der Waals surface area contributed by atoms with Crippen molar-refractivity contribution in [3.05, 3.63) is 24.3 Å². The minimum Gasteiger partial charge on any atom is -0.468 e. The molecule has 1 aromatic rings. The van der Waals surface area contributed by atoms with Crippen LogP contribution >= 0.6 is 0 Å². The third-order valence-electron chi connectivity index (χ3n) is 1.51. The fraction of sp³-hybridized carbons (Fsp3) is 0.400. The van der Waals surface area contributed by atoms with Crippen molar-refractivity contribution in [3.8, 4) is 11.5 Å². The molecule has 0 atom stereocenters. The first-order chi connectivity index (χ1) is 6.86. The Morgan fingerprint density at radius 1 is 0.786 bits per heavy atom. The molecule has 0 unspecified atom stereocenters. The molecule has 0 fully saturated rings. The molecule has 4 nitrogen and oxygen atoms in total. The van der Waals surface area contributed by atoms with Crippen LogP contribution in [0.15, 0.2) is 24.3 Å². The number of hydrogen-bond donors (Lipinski definition) is 0. The summed E-state index contributed by atoms with van der Waals surface area (Å²) in [6.07, 6.45) is 0. The Labute approximate surface area is 83.3 Å². The Morgan fingerprint density at radius 3 is 1.43 bits per heavy atom. The van der Waals surface area contributed by atoms with E-state index in [0.717, 1.165) is 11.5 Å². The lowest BCUT2D eigenvalue weighted by atomic mass is 10.3. The predicted octanol–water partition coefficient (Wildman–Crippen LogP) is 1.65. The molecule has 0 aromatic heterocycles. The third kappa shape index (κ3) is 3.64. The highest BCUT2D eigenvalue weighted by Gasteiger charge is 1.95. The molecule has 14 heavy (non-hydrogen) atoms. The summed E-state index contributed by atoms with van der Waals surface area (Å²) in [4.78, 5) is 0. The van der Waals surface area contributed by atoms with Gasteiger partial charge >= 0.3 is 0 Å². The first-order valence-corrected chi connectivity index (χ1v) is 4.20. The van der Waals surface area contributed by atoms with E-state index in [4.69, 9.17) is 18.9 Å². The Morgan fingerprint density at radius 2 is 1.14 bits per heavy atom. The van der Waals surface area contributed by atoms with Crippen molar-refractivity contribution in [2.75, 3.05) is 27.8 Å². The van der Waals surface area contributed by atoms with Gasteiger partial charge in [-0.15, -0.1) is 0 Å². The molecule has 1 aromatic carbocycles. The molecule has 78 valence electrons. The number of ether oxygens (including phenoxy) is 4. The molecule has 0 amide bonds. The molecule has 0 saturated heterocycles. The lowest BCUT2D eigenvalue weighted by Crippen LogP contribution is -2.00. The summed E-state index contributed by atoms with van der Waals surface area (Å²) in [5.41, 5.74) is 0. The molecule has 0 aliphatic heterocycles. The topological polar surface area (TPSA) is 36.9 Å². The van der Waals surface area contributed by atoms with E-state index < -0.39 is 0 Å². The predicted molar refractivity (Wildman–Crippen MR) is 51.5 cm³/mol. The van der Waals surface area contributed by atoms with Crippen molar-refractivity contribution < 1.29 is 18.9 Å². The normalized spacial score (nSPS) is 9.86. The zero-order chi connectivity index (χ0) is 10.2. The number of methoxy groups -OCH3 is 2. The summed E-state index contributed by atoms with van der Waals surface area (Å²) >= 11 is 0. The molecule has 1 rings (SSSR count). The van der Waals surface area contributed by atoms with E-state index in [1.165, 1.54) is 0 Å². The zero-order valence-electron chi connectivity index (χ0n) is 8.36. The lowest BCUT2D eigenvalue weighted by molar-refractivity contribution is 0.0483. The van der Waals surface area contributed by atoms with Gasteiger partial charge in [-0.25, -0.2) is 0 Å². The van der Waals surface area contributed by atoms with Crippen molar-refractivity contribution >= 4 is 0 Å². The first-order valence-electron chi connectivity index (χ1n) is 4.20. The maximum absolute atomic E-state index is 5.21. The van der Waals surface area contributed by atoms with Crippen molar-refractivity contribution in [2.45, 2.75) is 0 Å². The molecule has 0 spiro atoms. The Balaban J connectivity index is 2.42. The molecule has 0 N–H and O–H groups in total. The van der Waals surface area contributed by atoms with Crippen molar-refractivity contribution in [1.29, 1.82) is 0 Å². The Kier molecular flexibility index (Phi) is 4.82. The highest BCUT2D eigenvalue weighted by Crippen LogP contribution is 2.17. The van der Waals surface area contributed by atoms with Gasteiger partial charge in [0.05, 0.1) is 0 Å². The van der Waals surface area contributed by atoms with Gasteiger partial charge in [0.1, 0.15) is 11.5 Å². The molecule has 4 heteroatoms. The van der Waals surface area contributed by atoms with Gasteiger partial charge in [-0.05, 0) is 24.3 Å². The quantitative estimate of drug-likeness (QED) is 0.651. The van der Waals surface area contributed by atoms with Crippen molar-refractivity contribution in [2.24, 2.45) is 0 Å². The van der Waals surface area contributed by atoms with E-state index >= 15 is 0 Å². The maximum atomic E-state index is 5.21. The monoisotopic (exact) mass is 198 g/mol. The molecule has 0 radical (unpaired) electrons. The highest BCUT2D eigenvalue weighted by atomic mass is 16.7. The molecule has 0 heterocycles. The SMILES string of the molecule is COCOc1ccc(OCOC)cc1. The third-order valence-corrected chi connectivity index (χ3v) is 1.51. The van der Waals surface area contributed by atoms with Crippen LogP contribution in [-0.4, -0.2) is 27.8 Å². The van der Waals surface area contributed by atoms with E-state index in [9.17, 15) is 0 Å². The van der Waals surface area contributed by atoms with Crippen LogP contribution in [0.2, 0.25) is 0 Å². The largest absolute Gasteiger partial charge is 0.468 e.